The van der Waals surface area contributed by atoms with Crippen molar-refractivity contribution in [1.82, 2.24) is 9.71 Å². The normalized spacial score (nSPS) is 25.9. The minimum Gasteiger partial charge on any atom is -0.487 e. The molecule has 1 aromatic heterocycles. The van der Waals surface area contributed by atoms with E-state index in [0.29, 0.717) is 5.75 Å². The van der Waals surface area contributed by atoms with Gasteiger partial charge in [-0.05, 0) is 24.3 Å². The number of carbonyl (C=O) groups is 2. The van der Waals surface area contributed by atoms with E-state index in [2.05, 4.69) is 9.71 Å². The van der Waals surface area contributed by atoms with Crippen LogP contribution in [0.25, 0.3) is 0 Å². The van der Waals surface area contributed by atoms with E-state index in [9.17, 15) is 23.1 Å². The number of nitrogens with one attached hydrogen (secondary N) is 1. The first kappa shape index (κ1) is 19.6. The van der Waals surface area contributed by atoms with Gasteiger partial charge in [-0.2, -0.15) is 4.72 Å². The molecule has 2 N–H and O–H groups in total. The molecule has 154 valence electrons. The largest absolute Gasteiger partial charge is 0.509 e. The van der Waals surface area contributed by atoms with E-state index in [1.165, 1.54) is 35.6 Å². The van der Waals surface area contributed by atoms with Crippen molar-refractivity contribution in [3.05, 3.63) is 40.8 Å². The third-order valence-corrected chi connectivity index (χ3v) is 6.94. The highest BCUT2D eigenvalue weighted by Crippen LogP contribution is 2.39. The average molecular weight is 440 g/mol. The van der Waals surface area contributed by atoms with Crippen LogP contribution in [0.5, 0.6) is 5.75 Å². The van der Waals surface area contributed by atoms with Gasteiger partial charge in [0.1, 0.15) is 30.1 Å². The predicted octanol–water partition coefficient (Wildman–Crippen LogP) is 1.52. The molecular weight excluding hydrogens is 424 g/mol. The zero-order chi connectivity index (χ0) is 20.6. The minimum absolute atomic E-state index is 0.117. The molecule has 4 rings (SSSR count). The van der Waals surface area contributed by atoms with Gasteiger partial charge in [-0.3, -0.25) is 4.79 Å². The molecule has 1 saturated carbocycles. The van der Waals surface area contributed by atoms with E-state index in [1.54, 1.807) is 5.51 Å². The van der Waals surface area contributed by atoms with Crippen LogP contribution in [-0.4, -0.2) is 48.4 Å². The van der Waals surface area contributed by atoms with Crippen LogP contribution < -0.4 is 9.46 Å². The van der Waals surface area contributed by atoms with Gasteiger partial charge in [0.2, 0.25) is 10.0 Å². The second kappa shape index (κ2) is 7.28. The van der Waals surface area contributed by atoms with Crippen molar-refractivity contribution in [3.63, 3.8) is 0 Å². The number of carboxylic acid groups (broad SMARTS) is 1. The van der Waals surface area contributed by atoms with Gasteiger partial charge in [0, 0.05) is 18.2 Å². The van der Waals surface area contributed by atoms with Crippen LogP contribution in [0.2, 0.25) is 0 Å². The number of thiazole rings is 1. The van der Waals surface area contributed by atoms with Gasteiger partial charge in [-0.25, -0.2) is 18.2 Å². The van der Waals surface area contributed by atoms with Crippen molar-refractivity contribution in [1.29, 1.82) is 0 Å². The Morgan fingerprint density at radius 1 is 1.28 bits per heavy atom. The number of fused-ring (bicyclic) bond motifs is 1. The molecule has 2 unspecified atom stereocenters. The molecule has 2 fully saturated rings. The summed E-state index contributed by atoms with van der Waals surface area (Å²) in [5.74, 6) is -0.918. The van der Waals surface area contributed by atoms with Gasteiger partial charge in [0.05, 0.1) is 16.1 Å². The lowest BCUT2D eigenvalue weighted by Crippen LogP contribution is -2.53. The van der Waals surface area contributed by atoms with Gasteiger partial charge in [-0.1, -0.05) is 0 Å². The van der Waals surface area contributed by atoms with Crippen molar-refractivity contribution in [3.8, 4) is 5.75 Å². The maximum atomic E-state index is 12.8. The molecule has 12 heteroatoms. The summed E-state index contributed by atoms with van der Waals surface area (Å²) in [6, 6.07) is 5.59. The third kappa shape index (κ3) is 3.91. The Morgan fingerprint density at radius 2 is 1.93 bits per heavy atom. The Kier molecular flexibility index (Phi) is 4.92. The number of hydrogen-bond donors (Lipinski definition) is 2. The summed E-state index contributed by atoms with van der Waals surface area (Å²) in [6.07, 6.45) is -2.92. The lowest BCUT2D eigenvalue weighted by molar-refractivity contribution is -0.144. The van der Waals surface area contributed by atoms with Crippen molar-refractivity contribution in [2.45, 2.75) is 42.1 Å². The summed E-state index contributed by atoms with van der Waals surface area (Å²) < 4.78 is 43.1. The molecular formula is C17H16N2O8S2. The first-order chi connectivity index (χ1) is 13.8. The fraction of sp³-hybridized carbons (Fsp3) is 0.353. The maximum Gasteiger partial charge on any atom is 0.509 e. The number of aliphatic carboxylic acids is 1. The van der Waals surface area contributed by atoms with Gasteiger partial charge in [0.25, 0.3) is 0 Å². The van der Waals surface area contributed by atoms with E-state index in [1.807, 2.05) is 5.38 Å². The van der Waals surface area contributed by atoms with Crippen LogP contribution in [0.15, 0.2) is 40.1 Å². The molecule has 0 bridgehead atoms. The Balaban J connectivity index is 1.47. The first-order valence-electron chi connectivity index (χ1n) is 8.52. The van der Waals surface area contributed by atoms with Crippen LogP contribution >= 0.6 is 11.3 Å². The highest BCUT2D eigenvalue weighted by molar-refractivity contribution is 7.89. The molecule has 0 radical (unpaired) electrons. The highest BCUT2D eigenvalue weighted by atomic mass is 32.2. The number of hydrogen-bond acceptors (Lipinski definition) is 9. The molecule has 10 nitrogen and oxygen atoms in total. The van der Waals surface area contributed by atoms with Crippen LogP contribution in [0.1, 0.15) is 18.5 Å². The quantitative estimate of drug-likeness (QED) is 0.613. The number of aromatic nitrogens is 1. The smallest absolute Gasteiger partial charge is 0.487 e. The number of nitrogens with zero attached hydrogens (tertiary/aromatic N) is 1. The molecule has 1 aliphatic heterocycles. The van der Waals surface area contributed by atoms with Crippen LogP contribution in [-0.2, 0) is 30.9 Å². The lowest BCUT2D eigenvalue weighted by atomic mass is 9.99. The number of carboxylic acids is 1. The average Bonchev–Trinajstić information content (AvgIpc) is 3.36. The molecule has 2 aliphatic rings. The fourth-order valence-corrected chi connectivity index (χ4v) is 5.27. The second-order valence-corrected chi connectivity index (χ2v) is 9.10. The van der Waals surface area contributed by atoms with Crippen LogP contribution in [0.4, 0.5) is 4.79 Å². The van der Waals surface area contributed by atoms with Crippen LogP contribution in [0, 0.1) is 0 Å². The monoisotopic (exact) mass is 440 g/mol. The van der Waals surface area contributed by atoms with Gasteiger partial charge >= 0.3 is 12.1 Å². The Labute approximate surface area is 169 Å². The second-order valence-electron chi connectivity index (χ2n) is 6.70. The minimum atomic E-state index is -4.16. The molecule has 1 aliphatic carbocycles. The number of sulfonamides is 1. The molecule has 2 heterocycles. The van der Waals surface area contributed by atoms with E-state index in [4.69, 9.17) is 14.2 Å². The highest BCUT2D eigenvalue weighted by Gasteiger charge is 2.58. The van der Waals surface area contributed by atoms with Crippen molar-refractivity contribution < 1.29 is 37.3 Å². The van der Waals surface area contributed by atoms with Gasteiger partial charge in [-0.15, -0.1) is 11.3 Å². The summed E-state index contributed by atoms with van der Waals surface area (Å²) in [5, 5.41) is 11.5. The van der Waals surface area contributed by atoms with E-state index < -0.39 is 39.9 Å². The molecule has 2 atom stereocenters. The topological polar surface area (TPSA) is 141 Å². The molecule has 1 saturated heterocycles. The van der Waals surface area contributed by atoms with E-state index in [-0.39, 0.29) is 24.3 Å². The SMILES string of the molecule is O=C1OC2CC(NS(=O)(=O)c3ccc(OCc4cscn4)cc3)(C(=O)O)CC2O1. The summed E-state index contributed by atoms with van der Waals surface area (Å²) >= 11 is 1.44. The van der Waals surface area contributed by atoms with Crippen molar-refractivity contribution in [2.24, 2.45) is 0 Å². The van der Waals surface area contributed by atoms with Crippen LogP contribution in [0.3, 0.4) is 0 Å². The predicted molar refractivity (Wildman–Crippen MR) is 98.0 cm³/mol. The van der Waals surface area contributed by atoms with Gasteiger partial charge < -0.3 is 19.3 Å². The van der Waals surface area contributed by atoms with Gasteiger partial charge in [0.15, 0.2) is 0 Å². The lowest BCUT2D eigenvalue weighted by Gasteiger charge is -2.25. The molecule has 1 aromatic carbocycles. The Hall–Kier alpha value is -2.70. The number of ether oxygens (including phenoxy) is 3. The fourth-order valence-electron chi connectivity index (χ4n) is 3.34. The number of rotatable bonds is 7. The number of benzene rings is 1. The summed E-state index contributed by atoms with van der Waals surface area (Å²) in [5.41, 5.74) is 0.613. The van der Waals surface area contributed by atoms with E-state index in [0.717, 1.165) is 5.69 Å². The number of carbonyl (C=O) groups excluding carboxylic acids is 1. The maximum absolute atomic E-state index is 12.8. The zero-order valence-corrected chi connectivity index (χ0v) is 16.4. The third-order valence-electron chi connectivity index (χ3n) is 4.75. The zero-order valence-electron chi connectivity index (χ0n) is 14.8. The van der Waals surface area contributed by atoms with Crippen molar-refractivity contribution >= 4 is 33.5 Å². The molecule has 0 spiro atoms. The Bertz CT molecular complexity index is 1000. The first-order valence-corrected chi connectivity index (χ1v) is 10.9. The summed E-state index contributed by atoms with van der Waals surface area (Å²) in [4.78, 5) is 27.0. The molecule has 2 aromatic rings. The molecule has 0 amide bonds. The Morgan fingerprint density at radius 3 is 2.48 bits per heavy atom. The summed E-state index contributed by atoms with van der Waals surface area (Å²) in [6.45, 7) is 0.247. The standard InChI is InChI=1S/C17H16N2O8S2/c20-15(21)17(5-13-14(6-17)27-16(22)26-13)19-29(23,24)12-3-1-11(2-4-12)25-7-10-8-28-9-18-10/h1-4,8-9,13-14,19H,5-7H2,(H,20,21). The molecule has 29 heavy (non-hydrogen) atoms. The summed E-state index contributed by atoms with van der Waals surface area (Å²) in [7, 11) is -4.16. The van der Waals surface area contributed by atoms with E-state index >= 15 is 0 Å². The van der Waals surface area contributed by atoms with Crippen molar-refractivity contribution in [2.75, 3.05) is 0 Å².